The van der Waals surface area contributed by atoms with Gasteiger partial charge in [-0.05, 0) is 57.7 Å². The average molecular weight is 360 g/mol. The van der Waals surface area contributed by atoms with Crippen molar-refractivity contribution in [2.45, 2.75) is 38.6 Å². The number of nitrogens with one attached hydrogen (secondary N) is 1. The van der Waals surface area contributed by atoms with Gasteiger partial charge in [-0.25, -0.2) is 4.79 Å². The van der Waals surface area contributed by atoms with Gasteiger partial charge in [-0.1, -0.05) is 29.8 Å². The number of likely N-dealkylation sites (tertiary alicyclic amines) is 1. The van der Waals surface area contributed by atoms with Gasteiger partial charge in [-0.15, -0.1) is 0 Å². The lowest BCUT2D eigenvalue weighted by Gasteiger charge is -2.44. The molecule has 2 saturated heterocycles. The van der Waals surface area contributed by atoms with E-state index >= 15 is 0 Å². The normalized spacial score (nSPS) is 21.0. The smallest absolute Gasteiger partial charge is 0.317 e. The predicted octanol–water partition coefficient (Wildman–Crippen LogP) is 3.20. The largest absolute Gasteiger partial charge is 0.381 e. The van der Waals surface area contributed by atoms with Gasteiger partial charge < -0.3 is 19.9 Å². The third kappa shape index (κ3) is 4.57. The molecule has 2 aliphatic heterocycles. The zero-order valence-electron chi connectivity index (χ0n) is 16.5. The second-order valence-corrected chi connectivity index (χ2v) is 8.18. The van der Waals surface area contributed by atoms with Crippen molar-refractivity contribution < 1.29 is 9.53 Å². The molecule has 0 saturated carbocycles. The van der Waals surface area contributed by atoms with Gasteiger partial charge in [0.05, 0.1) is 6.04 Å². The van der Waals surface area contributed by atoms with Crippen LogP contribution in [0.5, 0.6) is 0 Å². The number of carbonyl (C=O) groups excluding carboxylic acids is 1. The number of urea groups is 1. The summed E-state index contributed by atoms with van der Waals surface area (Å²) in [6, 6.07) is 8.79. The highest BCUT2D eigenvalue weighted by Gasteiger charge is 2.37. The van der Waals surface area contributed by atoms with E-state index in [1.807, 2.05) is 4.90 Å². The van der Waals surface area contributed by atoms with E-state index in [4.69, 9.17) is 4.74 Å². The van der Waals surface area contributed by atoms with E-state index in [-0.39, 0.29) is 12.1 Å². The minimum absolute atomic E-state index is 0.0754. The first kappa shape index (κ1) is 19.2. The van der Waals surface area contributed by atoms with Crippen LogP contribution in [0.3, 0.4) is 0 Å². The summed E-state index contributed by atoms with van der Waals surface area (Å²) in [6.07, 6.45) is 4.52. The van der Waals surface area contributed by atoms with E-state index < -0.39 is 0 Å². The lowest BCUT2D eigenvalue weighted by molar-refractivity contribution is -0.0145. The van der Waals surface area contributed by atoms with Crippen LogP contribution in [0, 0.1) is 12.3 Å². The molecule has 1 atom stereocenters. The van der Waals surface area contributed by atoms with Crippen LogP contribution in [0.2, 0.25) is 0 Å². The summed E-state index contributed by atoms with van der Waals surface area (Å²) in [5.74, 6) is 0. The number of amides is 2. The molecule has 1 spiro atoms. The number of hydrogen-bond acceptors (Lipinski definition) is 3. The molecule has 0 bridgehead atoms. The van der Waals surface area contributed by atoms with Crippen molar-refractivity contribution in [2.75, 3.05) is 46.9 Å². The van der Waals surface area contributed by atoms with Crippen LogP contribution < -0.4 is 5.32 Å². The van der Waals surface area contributed by atoms with Crippen molar-refractivity contribution in [2.24, 2.45) is 5.41 Å². The quantitative estimate of drug-likeness (QED) is 0.898. The molecule has 0 radical (unpaired) electrons. The molecule has 144 valence electrons. The van der Waals surface area contributed by atoms with Crippen molar-refractivity contribution in [3.8, 4) is 0 Å². The topological polar surface area (TPSA) is 44.8 Å². The number of aryl methyl sites for hydroxylation is 1. The fraction of sp³-hybridized carbons (Fsp3) is 0.667. The monoisotopic (exact) mass is 359 g/mol. The standard InChI is InChI=1S/C21H33N3O2/c1-17-5-4-6-18(15-17)19(23(2)3)16-22-20(25)24-11-7-21(8-12-24)9-13-26-14-10-21/h4-6,15,19H,7-14,16H2,1-3H3,(H,22,25). The minimum atomic E-state index is 0.0754. The maximum atomic E-state index is 12.7. The molecule has 1 aromatic rings. The second-order valence-electron chi connectivity index (χ2n) is 8.18. The third-order valence-corrected chi connectivity index (χ3v) is 6.16. The molecule has 3 rings (SSSR count). The molecule has 1 unspecified atom stereocenters. The Labute approximate surface area is 157 Å². The first-order valence-corrected chi connectivity index (χ1v) is 9.83. The first-order chi connectivity index (χ1) is 12.5. The van der Waals surface area contributed by atoms with Crippen molar-refractivity contribution in [3.63, 3.8) is 0 Å². The lowest BCUT2D eigenvalue weighted by atomic mass is 9.72. The first-order valence-electron chi connectivity index (χ1n) is 9.83. The van der Waals surface area contributed by atoms with E-state index in [1.165, 1.54) is 11.1 Å². The van der Waals surface area contributed by atoms with E-state index in [0.717, 1.165) is 52.0 Å². The Bertz CT molecular complexity index is 601. The van der Waals surface area contributed by atoms with Crippen LogP contribution >= 0.6 is 0 Å². The summed E-state index contributed by atoms with van der Waals surface area (Å²) < 4.78 is 5.51. The molecule has 2 heterocycles. The van der Waals surface area contributed by atoms with Crippen molar-refractivity contribution in [3.05, 3.63) is 35.4 Å². The molecule has 1 aromatic carbocycles. The molecule has 1 N–H and O–H groups in total. The van der Waals surface area contributed by atoms with Crippen molar-refractivity contribution in [1.29, 1.82) is 0 Å². The van der Waals surface area contributed by atoms with Gasteiger partial charge in [0.1, 0.15) is 0 Å². The third-order valence-electron chi connectivity index (χ3n) is 6.16. The lowest BCUT2D eigenvalue weighted by Crippen LogP contribution is -2.49. The van der Waals surface area contributed by atoms with Gasteiger partial charge in [0.25, 0.3) is 0 Å². The van der Waals surface area contributed by atoms with Crippen LogP contribution in [-0.2, 0) is 4.74 Å². The Kier molecular flexibility index (Phi) is 6.20. The number of ether oxygens (including phenoxy) is 1. The highest BCUT2D eigenvalue weighted by molar-refractivity contribution is 5.74. The van der Waals surface area contributed by atoms with Crippen molar-refractivity contribution >= 4 is 6.03 Å². The summed E-state index contributed by atoms with van der Waals surface area (Å²) in [6.45, 7) is 6.23. The van der Waals surface area contributed by atoms with Crippen LogP contribution in [-0.4, -0.2) is 62.8 Å². The zero-order chi connectivity index (χ0) is 18.6. The molecule has 2 fully saturated rings. The molecule has 5 nitrogen and oxygen atoms in total. The minimum Gasteiger partial charge on any atom is -0.381 e. The van der Waals surface area contributed by atoms with Crippen LogP contribution in [0.1, 0.15) is 42.9 Å². The number of likely N-dealkylation sites (N-methyl/N-ethyl adjacent to an activating group) is 1. The molecular weight excluding hydrogens is 326 g/mol. The Balaban J connectivity index is 1.53. The van der Waals surface area contributed by atoms with Crippen molar-refractivity contribution in [1.82, 2.24) is 15.1 Å². The Hall–Kier alpha value is -1.59. The van der Waals surface area contributed by atoms with Gasteiger partial charge in [0.2, 0.25) is 0 Å². The fourth-order valence-electron chi connectivity index (χ4n) is 4.26. The average Bonchev–Trinajstić information content (AvgIpc) is 2.63. The Morgan fingerprint density at radius 1 is 1.23 bits per heavy atom. The SMILES string of the molecule is Cc1cccc(C(CNC(=O)N2CCC3(CCOCC3)CC2)N(C)C)c1. The predicted molar refractivity (Wildman–Crippen MR) is 104 cm³/mol. The zero-order valence-corrected chi connectivity index (χ0v) is 16.5. The van der Waals surface area contributed by atoms with E-state index in [0.29, 0.717) is 12.0 Å². The summed E-state index contributed by atoms with van der Waals surface area (Å²) in [4.78, 5) is 16.8. The molecule has 5 heteroatoms. The molecule has 2 aliphatic rings. The Morgan fingerprint density at radius 3 is 2.54 bits per heavy atom. The molecular formula is C21H33N3O2. The van der Waals surface area contributed by atoms with Gasteiger partial charge in [0.15, 0.2) is 0 Å². The second kappa shape index (κ2) is 8.40. The number of piperidine rings is 1. The van der Waals surface area contributed by atoms with Crippen LogP contribution in [0.25, 0.3) is 0 Å². The number of rotatable bonds is 4. The number of hydrogen-bond donors (Lipinski definition) is 1. The molecule has 26 heavy (non-hydrogen) atoms. The van der Waals surface area contributed by atoms with Gasteiger partial charge in [-0.3, -0.25) is 0 Å². The molecule has 0 aromatic heterocycles. The molecule has 2 amide bonds. The maximum absolute atomic E-state index is 12.7. The van der Waals surface area contributed by atoms with E-state index in [9.17, 15) is 4.79 Å². The maximum Gasteiger partial charge on any atom is 0.317 e. The number of carbonyl (C=O) groups is 1. The van der Waals surface area contributed by atoms with Gasteiger partial charge in [-0.2, -0.15) is 0 Å². The highest BCUT2D eigenvalue weighted by atomic mass is 16.5. The summed E-state index contributed by atoms with van der Waals surface area (Å²) >= 11 is 0. The number of benzene rings is 1. The highest BCUT2D eigenvalue weighted by Crippen LogP contribution is 2.40. The van der Waals surface area contributed by atoms with Gasteiger partial charge >= 0.3 is 6.03 Å². The number of nitrogens with zero attached hydrogens (tertiary/aromatic N) is 2. The van der Waals surface area contributed by atoms with E-state index in [2.05, 4.69) is 55.5 Å². The summed E-state index contributed by atoms with van der Waals surface area (Å²) in [7, 11) is 4.13. The molecule has 0 aliphatic carbocycles. The van der Waals surface area contributed by atoms with Gasteiger partial charge in [0, 0.05) is 32.8 Å². The fourth-order valence-corrected chi connectivity index (χ4v) is 4.26. The van der Waals surface area contributed by atoms with Crippen LogP contribution in [0.15, 0.2) is 24.3 Å². The van der Waals surface area contributed by atoms with Crippen LogP contribution in [0.4, 0.5) is 4.79 Å². The van der Waals surface area contributed by atoms with E-state index in [1.54, 1.807) is 0 Å². The Morgan fingerprint density at radius 2 is 1.92 bits per heavy atom. The summed E-state index contributed by atoms with van der Waals surface area (Å²) in [5.41, 5.74) is 2.91. The summed E-state index contributed by atoms with van der Waals surface area (Å²) in [5, 5.41) is 3.16.